The Morgan fingerprint density at radius 1 is 1.21 bits per heavy atom. The molecule has 202 valence electrons. The highest BCUT2D eigenvalue weighted by Crippen LogP contribution is 2.63. The van der Waals surface area contributed by atoms with Gasteiger partial charge in [-0.2, -0.15) is 0 Å². The van der Waals surface area contributed by atoms with Gasteiger partial charge in [0.15, 0.2) is 0 Å². The molecule has 3 aliphatic heterocycles. The van der Waals surface area contributed by atoms with Crippen molar-refractivity contribution in [3.05, 3.63) is 49.6 Å². The molecule has 3 saturated heterocycles. The fourth-order valence-corrected chi connectivity index (χ4v) is 6.68. The van der Waals surface area contributed by atoms with Crippen LogP contribution < -0.4 is 0 Å². The van der Waals surface area contributed by atoms with Crippen molar-refractivity contribution in [3.63, 3.8) is 0 Å². The van der Waals surface area contributed by atoms with Gasteiger partial charge in [-0.05, 0) is 31.9 Å². The Balaban J connectivity index is 1.53. The number of aromatic nitrogens is 3. The Bertz CT molecular complexity index is 1290. The zero-order valence-corrected chi connectivity index (χ0v) is 21.8. The van der Waals surface area contributed by atoms with Gasteiger partial charge in [-0.15, -0.1) is 18.3 Å². The number of β-amino-alcohol motifs (C(OH)–C–C–N with tert-alkyl or cyclic N) is 1. The SMILES string of the molecule is C=CCN(C)C(=O)[C@H]1[C@H]2C(=O)N(CCO)C(C(=O)N(CC=C)Cn3nnc4ccccc43)C23CC[C@]1(C)O3. The number of nitrogens with zero attached hydrogens (tertiary/aromatic N) is 6. The molecule has 3 fully saturated rings. The number of para-hydroxylation sites is 1. The first kappa shape index (κ1) is 26.1. The molecule has 38 heavy (non-hydrogen) atoms. The quantitative estimate of drug-likeness (QED) is 0.458. The van der Waals surface area contributed by atoms with Crippen LogP contribution in [0, 0.1) is 11.8 Å². The first-order valence-electron chi connectivity index (χ1n) is 12.9. The Morgan fingerprint density at radius 3 is 2.66 bits per heavy atom. The van der Waals surface area contributed by atoms with Crippen LogP contribution in [0.1, 0.15) is 19.8 Å². The molecule has 1 N–H and O–H groups in total. The van der Waals surface area contributed by atoms with E-state index in [-0.39, 0.29) is 44.1 Å². The van der Waals surface area contributed by atoms with Gasteiger partial charge in [-0.3, -0.25) is 14.4 Å². The van der Waals surface area contributed by atoms with Crippen LogP contribution >= 0.6 is 0 Å². The molecule has 0 saturated carbocycles. The molecule has 0 radical (unpaired) electrons. The summed E-state index contributed by atoms with van der Waals surface area (Å²) in [6.45, 7) is 9.66. The van der Waals surface area contributed by atoms with Crippen molar-refractivity contribution in [2.45, 2.75) is 43.7 Å². The van der Waals surface area contributed by atoms with Gasteiger partial charge < -0.3 is 24.5 Å². The molecule has 3 amide bonds. The monoisotopic (exact) mass is 522 g/mol. The minimum absolute atomic E-state index is 0.0366. The standard InChI is InChI=1S/C27H34N6O5/c1-5-13-30(4)23(35)20-21-24(36)32(15-16-34)22(27(21)12-11-26(20,3)38-27)25(37)31(14-6-2)17-33-19-10-8-7-9-18(19)28-29-33/h5-10,20-22,34H,1-2,11-17H2,3-4H3/t20-,21+,22?,26+,27?/m1/s1. The summed E-state index contributed by atoms with van der Waals surface area (Å²) in [5, 5.41) is 18.2. The number of amides is 3. The van der Waals surface area contributed by atoms with Crippen molar-refractivity contribution < 1.29 is 24.2 Å². The Hall–Kier alpha value is -3.57. The largest absolute Gasteiger partial charge is 0.395 e. The van der Waals surface area contributed by atoms with Crippen LogP contribution in [0.25, 0.3) is 11.0 Å². The summed E-state index contributed by atoms with van der Waals surface area (Å²) < 4.78 is 8.25. The van der Waals surface area contributed by atoms with Crippen LogP contribution in [0.15, 0.2) is 49.6 Å². The van der Waals surface area contributed by atoms with E-state index >= 15 is 0 Å². The number of likely N-dealkylation sites (N-methyl/N-ethyl adjacent to an activating group) is 1. The van der Waals surface area contributed by atoms with E-state index in [1.807, 2.05) is 31.2 Å². The van der Waals surface area contributed by atoms with Crippen molar-refractivity contribution >= 4 is 28.8 Å². The second kappa shape index (κ2) is 9.63. The normalized spacial score (nSPS) is 29.5. The van der Waals surface area contributed by atoms with E-state index in [0.717, 1.165) is 5.52 Å². The number of carbonyl (C=O) groups is 3. The molecule has 11 nitrogen and oxygen atoms in total. The molecule has 1 spiro atoms. The molecule has 1 aromatic heterocycles. The number of ether oxygens (including phenoxy) is 1. The summed E-state index contributed by atoms with van der Waals surface area (Å²) in [6.07, 6.45) is 4.25. The van der Waals surface area contributed by atoms with Gasteiger partial charge in [-0.25, -0.2) is 4.68 Å². The van der Waals surface area contributed by atoms with E-state index < -0.39 is 29.1 Å². The molecular weight excluding hydrogens is 488 g/mol. The minimum Gasteiger partial charge on any atom is -0.395 e. The number of likely N-dealkylation sites (tertiary alicyclic amines) is 1. The fraction of sp³-hybridized carbons (Fsp3) is 0.519. The number of rotatable bonds is 10. The highest BCUT2D eigenvalue weighted by atomic mass is 16.5. The van der Waals surface area contributed by atoms with E-state index in [0.29, 0.717) is 24.9 Å². The summed E-state index contributed by atoms with van der Waals surface area (Å²) in [5.41, 5.74) is -0.577. The molecule has 2 unspecified atom stereocenters. The average molecular weight is 523 g/mol. The summed E-state index contributed by atoms with van der Waals surface area (Å²) in [4.78, 5) is 46.3. The van der Waals surface area contributed by atoms with Crippen LogP contribution in [-0.4, -0.2) is 103 Å². The van der Waals surface area contributed by atoms with Crippen LogP contribution in [0.4, 0.5) is 0 Å². The Kier molecular flexibility index (Phi) is 6.60. The number of aliphatic hydroxyl groups is 1. The smallest absolute Gasteiger partial charge is 0.250 e. The highest BCUT2D eigenvalue weighted by Gasteiger charge is 2.78. The highest BCUT2D eigenvalue weighted by molar-refractivity contribution is 5.99. The van der Waals surface area contributed by atoms with Crippen LogP contribution in [0.3, 0.4) is 0 Å². The first-order chi connectivity index (χ1) is 18.2. The Morgan fingerprint density at radius 2 is 1.95 bits per heavy atom. The molecule has 11 heteroatoms. The number of hydrogen-bond donors (Lipinski definition) is 1. The number of fused-ring (bicyclic) bond motifs is 2. The lowest BCUT2D eigenvalue weighted by atomic mass is 9.66. The predicted octanol–water partition coefficient (Wildman–Crippen LogP) is 0.805. The maximum absolute atomic E-state index is 14.3. The second-order valence-corrected chi connectivity index (χ2v) is 10.6. The minimum atomic E-state index is -1.17. The topological polar surface area (TPSA) is 121 Å². The maximum atomic E-state index is 14.3. The van der Waals surface area contributed by atoms with Crippen molar-refractivity contribution in [2.75, 3.05) is 33.3 Å². The first-order valence-corrected chi connectivity index (χ1v) is 12.9. The molecule has 3 aliphatic rings. The van der Waals surface area contributed by atoms with Gasteiger partial charge in [-0.1, -0.05) is 29.5 Å². The molecule has 2 aromatic rings. The molecule has 5 atom stereocenters. The average Bonchev–Trinajstić information content (AvgIpc) is 3.60. The third-order valence-electron chi connectivity index (χ3n) is 8.28. The van der Waals surface area contributed by atoms with E-state index in [2.05, 4.69) is 23.5 Å². The van der Waals surface area contributed by atoms with Gasteiger partial charge in [0.25, 0.3) is 0 Å². The third kappa shape index (κ3) is 3.75. The number of hydrogen-bond acceptors (Lipinski definition) is 7. The predicted molar refractivity (Wildman–Crippen MR) is 138 cm³/mol. The van der Waals surface area contributed by atoms with E-state index in [1.54, 1.807) is 33.7 Å². The lowest BCUT2D eigenvalue weighted by Crippen LogP contribution is -2.57. The lowest BCUT2D eigenvalue weighted by molar-refractivity contribution is -0.154. The summed E-state index contributed by atoms with van der Waals surface area (Å²) in [5.74, 6) is -2.44. The van der Waals surface area contributed by atoms with Gasteiger partial charge >= 0.3 is 0 Å². The van der Waals surface area contributed by atoms with E-state index in [4.69, 9.17) is 4.74 Å². The number of carbonyl (C=O) groups excluding carboxylic acids is 3. The summed E-state index contributed by atoms with van der Waals surface area (Å²) >= 11 is 0. The third-order valence-corrected chi connectivity index (χ3v) is 8.28. The van der Waals surface area contributed by atoms with Crippen LogP contribution in [-0.2, 0) is 25.8 Å². The second-order valence-electron chi connectivity index (χ2n) is 10.6. The van der Waals surface area contributed by atoms with Crippen molar-refractivity contribution in [1.29, 1.82) is 0 Å². The van der Waals surface area contributed by atoms with E-state index in [9.17, 15) is 19.5 Å². The number of benzene rings is 1. The van der Waals surface area contributed by atoms with Gasteiger partial charge in [0.1, 0.15) is 23.8 Å². The van der Waals surface area contributed by atoms with Gasteiger partial charge in [0, 0.05) is 26.7 Å². The molecule has 5 rings (SSSR count). The molecular formula is C27H34N6O5. The zero-order valence-electron chi connectivity index (χ0n) is 21.8. The molecule has 4 heterocycles. The van der Waals surface area contributed by atoms with Crippen molar-refractivity contribution in [3.8, 4) is 0 Å². The van der Waals surface area contributed by atoms with Crippen LogP contribution in [0.5, 0.6) is 0 Å². The van der Waals surface area contributed by atoms with Crippen molar-refractivity contribution in [2.24, 2.45) is 11.8 Å². The summed E-state index contributed by atoms with van der Waals surface area (Å²) in [6, 6.07) is 6.45. The van der Waals surface area contributed by atoms with Crippen molar-refractivity contribution in [1.82, 2.24) is 29.7 Å². The van der Waals surface area contributed by atoms with E-state index in [1.165, 1.54) is 4.90 Å². The lowest BCUT2D eigenvalue weighted by Gasteiger charge is -2.36. The zero-order chi connectivity index (χ0) is 27.2. The molecule has 0 aliphatic carbocycles. The molecule has 1 aromatic carbocycles. The fourth-order valence-electron chi connectivity index (χ4n) is 6.68. The van der Waals surface area contributed by atoms with Crippen LogP contribution in [0.2, 0.25) is 0 Å². The Labute approximate surface area is 221 Å². The molecule has 2 bridgehead atoms. The summed E-state index contributed by atoms with van der Waals surface area (Å²) in [7, 11) is 1.67. The number of aliphatic hydroxyl groups excluding tert-OH is 1. The van der Waals surface area contributed by atoms with Gasteiger partial charge in [0.2, 0.25) is 17.7 Å². The maximum Gasteiger partial charge on any atom is 0.250 e. The van der Waals surface area contributed by atoms with Gasteiger partial charge in [0.05, 0.1) is 29.6 Å².